The number of aliphatic hydroxyl groups excluding tert-OH is 1. The van der Waals surface area contributed by atoms with Crippen molar-refractivity contribution in [2.24, 2.45) is 0 Å². The van der Waals surface area contributed by atoms with Gasteiger partial charge in [0.15, 0.2) is 0 Å². The van der Waals surface area contributed by atoms with Gasteiger partial charge < -0.3 is 5.11 Å². The van der Waals surface area contributed by atoms with Gasteiger partial charge >= 0.3 is 0 Å². The van der Waals surface area contributed by atoms with E-state index in [-0.39, 0.29) is 29.8 Å². The fraction of sp³-hybridized carbons (Fsp3) is 1.00. The minimum atomic E-state index is 0. The molecule has 0 aromatic rings. The van der Waals surface area contributed by atoms with Crippen molar-refractivity contribution < 1.29 is 22.5 Å². The maximum atomic E-state index is 7.00. The number of aliphatic hydroxyl groups is 1. The molecule has 0 bridgehead atoms. The number of halogens is 1. The number of hydrogen-bond acceptors (Lipinski definition) is 1. The van der Waals surface area contributed by atoms with Gasteiger partial charge in [-0.1, -0.05) is 0 Å². The van der Waals surface area contributed by atoms with Crippen molar-refractivity contribution in [1.29, 1.82) is 0 Å². The van der Waals surface area contributed by atoms with E-state index in [1.54, 1.807) is 0 Å². The molecular formula is CH5ClCrO. The summed E-state index contributed by atoms with van der Waals surface area (Å²) in [5.41, 5.74) is 0. The van der Waals surface area contributed by atoms with Gasteiger partial charge in [-0.15, -0.1) is 12.4 Å². The van der Waals surface area contributed by atoms with Crippen LogP contribution in [0.2, 0.25) is 0 Å². The molecule has 28 valence electrons. The van der Waals surface area contributed by atoms with Crippen molar-refractivity contribution in [3.63, 3.8) is 0 Å². The second-order valence-electron chi connectivity index (χ2n) is 0. The topological polar surface area (TPSA) is 20.2 Å². The zero-order chi connectivity index (χ0) is 2.00. The molecule has 0 aromatic carbocycles. The maximum Gasteiger partial charge on any atom is 0.0319 e. The van der Waals surface area contributed by atoms with E-state index in [9.17, 15) is 0 Å². The van der Waals surface area contributed by atoms with Crippen LogP contribution in [0.4, 0.5) is 0 Å². The van der Waals surface area contributed by atoms with Gasteiger partial charge in [-0.05, 0) is 0 Å². The van der Waals surface area contributed by atoms with Gasteiger partial charge in [-0.2, -0.15) is 0 Å². The van der Waals surface area contributed by atoms with Gasteiger partial charge in [0.1, 0.15) is 0 Å². The first kappa shape index (κ1) is 21.5. The van der Waals surface area contributed by atoms with Crippen molar-refractivity contribution in [2.75, 3.05) is 7.11 Å². The summed E-state index contributed by atoms with van der Waals surface area (Å²) in [6.07, 6.45) is 0. The average Bonchev–Trinajstić information content (AvgIpc) is 1.00. The van der Waals surface area contributed by atoms with E-state index >= 15 is 0 Å². The maximum absolute atomic E-state index is 7.00. The minimum absolute atomic E-state index is 0. The number of rotatable bonds is 0. The molecule has 0 aromatic heterocycles. The molecule has 0 rings (SSSR count). The van der Waals surface area contributed by atoms with Gasteiger partial charge in [0, 0.05) is 24.5 Å². The molecule has 0 saturated heterocycles. The van der Waals surface area contributed by atoms with E-state index in [4.69, 9.17) is 5.11 Å². The third-order valence-corrected chi connectivity index (χ3v) is 0. The van der Waals surface area contributed by atoms with Crippen molar-refractivity contribution in [1.82, 2.24) is 0 Å². The summed E-state index contributed by atoms with van der Waals surface area (Å²) in [5.74, 6) is 0. The van der Waals surface area contributed by atoms with Crippen LogP contribution < -0.4 is 0 Å². The van der Waals surface area contributed by atoms with Crippen LogP contribution in [0.25, 0.3) is 0 Å². The summed E-state index contributed by atoms with van der Waals surface area (Å²) >= 11 is 0. The van der Waals surface area contributed by atoms with Crippen LogP contribution in [-0.4, -0.2) is 12.2 Å². The van der Waals surface area contributed by atoms with E-state index in [0.717, 1.165) is 7.11 Å². The molecule has 1 N–H and O–H groups in total. The summed E-state index contributed by atoms with van der Waals surface area (Å²) in [4.78, 5) is 0. The van der Waals surface area contributed by atoms with Crippen molar-refractivity contribution in [3.8, 4) is 0 Å². The monoisotopic (exact) mass is 120 g/mol. The van der Waals surface area contributed by atoms with Crippen molar-refractivity contribution >= 4 is 12.4 Å². The van der Waals surface area contributed by atoms with Gasteiger partial charge in [0.2, 0.25) is 0 Å². The Labute approximate surface area is 42.6 Å². The first-order valence-corrected chi connectivity index (χ1v) is 0.447. The molecule has 0 fully saturated rings. The summed E-state index contributed by atoms with van der Waals surface area (Å²) in [6, 6.07) is 0. The van der Waals surface area contributed by atoms with Crippen LogP contribution >= 0.6 is 12.4 Å². The fourth-order valence-electron chi connectivity index (χ4n) is 0. The van der Waals surface area contributed by atoms with Gasteiger partial charge in [0.05, 0.1) is 0 Å². The van der Waals surface area contributed by atoms with Crippen LogP contribution in [0.5, 0.6) is 0 Å². The van der Waals surface area contributed by atoms with E-state index in [2.05, 4.69) is 0 Å². The Morgan fingerprint density at radius 1 is 1.25 bits per heavy atom. The van der Waals surface area contributed by atoms with Crippen LogP contribution in [0, 0.1) is 0 Å². The molecule has 4 heavy (non-hydrogen) atoms. The zero-order valence-electron chi connectivity index (χ0n) is 2.26. The number of hydrogen-bond donors (Lipinski definition) is 1. The smallest absolute Gasteiger partial charge is 0.0319 e. The molecule has 0 spiro atoms. The van der Waals surface area contributed by atoms with Crippen molar-refractivity contribution in [3.05, 3.63) is 0 Å². The predicted molar refractivity (Wildman–Crippen MR) is 15.4 cm³/mol. The molecule has 0 amide bonds. The molecule has 0 aliphatic carbocycles. The Hall–Kier alpha value is 0.782. The van der Waals surface area contributed by atoms with Crippen molar-refractivity contribution in [2.45, 2.75) is 0 Å². The van der Waals surface area contributed by atoms with E-state index in [1.165, 1.54) is 0 Å². The molecule has 0 aliphatic rings. The van der Waals surface area contributed by atoms with E-state index in [1.807, 2.05) is 0 Å². The molecule has 0 saturated carbocycles. The second-order valence-corrected chi connectivity index (χ2v) is 0. The largest absolute Gasteiger partial charge is 0.400 e. The Balaban J connectivity index is -0.00000000500. The Morgan fingerprint density at radius 3 is 1.25 bits per heavy atom. The average molecular weight is 120 g/mol. The Kier molecular flexibility index (Phi) is 258. The molecule has 3 heteroatoms. The first-order valence-electron chi connectivity index (χ1n) is 0.447. The third kappa shape index (κ3) is 14.4. The van der Waals surface area contributed by atoms with Crippen LogP contribution in [0.3, 0.4) is 0 Å². The molecule has 0 heterocycles. The quantitative estimate of drug-likeness (QED) is 0.478. The Bertz CT molecular complexity index is 8.00. The summed E-state index contributed by atoms with van der Waals surface area (Å²) in [6.45, 7) is 0. The molecule has 0 atom stereocenters. The molecule has 0 aliphatic heterocycles. The normalized spacial score (nSPS) is 1.50. The predicted octanol–water partition coefficient (Wildman–Crippen LogP) is 0.0278. The molecule has 1 nitrogen and oxygen atoms in total. The van der Waals surface area contributed by atoms with Gasteiger partial charge in [0.25, 0.3) is 0 Å². The van der Waals surface area contributed by atoms with Crippen LogP contribution in [0.1, 0.15) is 0 Å². The van der Waals surface area contributed by atoms with Crippen LogP contribution in [0.15, 0.2) is 0 Å². The van der Waals surface area contributed by atoms with Crippen LogP contribution in [-0.2, 0) is 17.4 Å². The zero-order valence-corrected chi connectivity index (χ0v) is 4.36. The Morgan fingerprint density at radius 2 is 1.25 bits per heavy atom. The minimum Gasteiger partial charge on any atom is -0.400 e. The van der Waals surface area contributed by atoms with Gasteiger partial charge in [-0.3, -0.25) is 0 Å². The molecular weight excluding hydrogens is 115 g/mol. The van der Waals surface area contributed by atoms with E-state index < -0.39 is 0 Å². The first-order chi connectivity index (χ1) is 1.00. The summed E-state index contributed by atoms with van der Waals surface area (Å²) in [7, 11) is 1.00. The second kappa shape index (κ2) is 47.8. The van der Waals surface area contributed by atoms with Gasteiger partial charge in [-0.25, -0.2) is 0 Å². The summed E-state index contributed by atoms with van der Waals surface area (Å²) < 4.78 is 0. The molecule has 0 unspecified atom stereocenters. The summed E-state index contributed by atoms with van der Waals surface area (Å²) in [5, 5.41) is 7.00. The standard InChI is InChI=1S/CH4O.ClH.Cr/c1-2;;/h2H,1H3;1H;. The SMILES string of the molecule is CO.Cl.[Cr]. The van der Waals surface area contributed by atoms with E-state index in [0.29, 0.717) is 0 Å². The molecule has 0 radical (unpaired) electrons. The third-order valence-electron chi connectivity index (χ3n) is 0. The fourth-order valence-corrected chi connectivity index (χ4v) is 0.